The number of pyridine rings is 1. The zero-order chi connectivity index (χ0) is 19.9. The molecule has 144 valence electrons. The van der Waals surface area contributed by atoms with Gasteiger partial charge in [0.15, 0.2) is 0 Å². The van der Waals surface area contributed by atoms with E-state index in [0.29, 0.717) is 18.7 Å². The molecule has 27 heavy (non-hydrogen) atoms. The number of nitro benzene ring substituents is 1. The van der Waals surface area contributed by atoms with Crippen LogP contribution in [0.4, 0.5) is 24.5 Å². The molecule has 1 aliphatic rings. The van der Waals surface area contributed by atoms with Gasteiger partial charge in [0.25, 0.3) is 15.5 Å². The summed E-state index contributed by atoms with van der Waals surface area (Å²) in [7, 11) is -5.66. The lowest BCUT2D eigenvalue weighted by Crippen LogP contribution is -2.23. The predicted molar refractivity (Wildman–Crippen MR) is 90.0 cm³/mol. The molecule has 3 rings (SSSR count). The maximum atomic E-state index is 12.7. The summed E-state index contributed by atoms with van der Waals surface area (Å²) in [6, 6.07) is 5.80. The molecule has 0 bridgehead atoms. The van der Waals surface area contributed by atoms with Crippen molar-refractivity contribution in [2.45, 2.75) is 28.7 Å². The van der Waals surface area contributed by atoms with Crippen molar-refractivity contribution in [2.75, 3.05) is 11.9 Å². The molecule has 1 aromatic heterocycles. The van der Waals surface area contributed by atoms with Gasteiger partial charge in [-0.3, -0.25) is 15.1 Å². The van der Waals surface area contributed by atoms with Crippen molar-refractivity contribution in [1.82, 2.24) is 4.98 Å². The summed E-state index contributed by atoms with van der Waals surface area (Å²) in [5.74, 6) is 0. The fourth-order valence-corrected chi connectivity index (χ4v) is 3.58. The molecule has 7 nitrogen and oxygen atoms in total. The Hall–Kier alpha value is -2.69. The van der Waals surface area contributed by atoms with E-state index in [-0.39, 0.29) is 11.1 Å². The van der Waals surface area contributed by atoms with Crippen LogP contribution in [0.2, 0.25) is 0 Å². The SMILES string of the molecule is O=[N+]([O-])c1cc(S(=O)(=O)C(F)(F)F)ccc1NCC1(c2ccncc2)CC1. The highest BCUT2D eigenvalue weighted by Gasteiger charge is 2.48. The molecule has 0 saturated heterocycles. The van der Waals surface area contributed by atoms with Crippen LogP contribution in [-0.4, -0.2) is 30.4 Å². The summed E-state index contributed by atoms with van der Waals surface area (Å²) < 4.78 is 61.0. The number of nitrogens with one attached hydrogen (secondary N) is 1. The highest BCUT2D eigenvalue weighted by molar-refractivity contribution is 7.92. The molecule has 0 spiro atoms. The molecule has 1 heterocycles. The van der Waals surface area contributed by atoms with Crippen LogP contribution in [0.3, 0.4) is 0 Å². The first-order chi connectivity index (χ1) is 12.6. The summed E-state index contributed by atoms with van der Waals surface area (Å²) in [5.41, 5.74) is -5.53. The lowest BCUT2D eigenvalue weighted by atomic mass is 9.97. The van der Waals surface area contributed by atoms with E-state index in [1.165, 1.54) is 0 Å². The fourth-order valence-electron chi connectivity index (χ4n) is 2.80. The van der Waals surface area contributed by atoms with Crippen LogP contribution in [0.25, 0.3) is 0 Å². The van der Waals surface area contributed by atoms with Crippen LogP contribution in [0, 0.1) is 10.1 Å². The van der Waals surface area contributed by atoms with Crippen molar-refractivity contribution >= 4 is 21.2 Å². The Bertz CT molecular complexity index is 974. The average Bonchev–Trinajstić information content (AvgIpc) is 3.40. The third kappa shape index (κ3) is 3.59. The molecule has 1 aliphatic carbocycles. The molecule has 0 amide bonds. The minimum absolute atomic E-state index is 0.0403. The average molecular weight is 401 g/mol. The van der Waals surface area contributed by atoms with Gasteiger partial charge in [-0.05, 0) is 42.7 Å². The molecule has 1 saturated carbocycles. The Morgan fingerprint density at radius 3 is 2.33 bits per heavy atom. The van der Waals surface area contributed by atoms with Crippen LogP contribution >= 0.6 is 0 Å². The molecule has 2 aromatic rings. The smallest absolute Gasteiger partial charge is 0.379 e. The number of anilines is 1. The molecule has 1 N–H and O–H groups in total. The van der Waals surface area contributed by atoms with Crippen molar-refractivity contribution in [1.29, 1.82) is 0 Å². The predicted octanol–water partition coefficient (Wildman–Crippen LogP) is 3.43. The number of rotatable bonds is 6. The Balaban J connectivity index is 1.88. The van der Waals surface area contributed by atoms with Gasteiger partial charge in [-0.1, -0.05) is 0 Å². The monoisotopic (exact) mass is 401 g/mol. The van der Waals surface area contributed by atoms with Gasteiger partial charge in [0.2, 0.25) is 0 Å². The fraction of sp³-hybridized carbons (Fsp3) is 0.312. The Labute approximate surface area is 152 Å². The van der Waals surface area contributed by atoms with E-state index in [1.54, 1.807) is 12.4 Å². The topological polar surface area (TPSA) is 102 Å². The van der Waals surface area contributed by atoms with Crippen molar-refractivity contribution in [3.05, 3.63) is 58.4 Å². The summed E-state index contributed by atoms with van der Waals surface area (Å²) in [5, 5.41) is 14.1. The van der Waals surface area contributed by atoms with Gasteiger partial charge >= 0.3 is 5.51 Å². The minimum atomic E-state index is -5.66. The number of nitrogens with zero attached hydrogens (tertiary/aromatic N) is 2. The molecule has 0 aliphatic heterocycles. The lowest BCUT2D eigenvalue weighted by Gasteiger charge is -2.17. The second-order valence-electron chi connectivity index (χ2n) is 6.26. The zero-order valence-corrected chi connectivity index (χ0v) is 14.5. The molecule has 1 fully saturated rings. The van der Waals surface area contributed by atoms with Crippen LogP contribution in [0.1, 0.15) is 18.4 Å². The van der Waals surface area contributed by atoms with E-state index < -0.39 is 30.9 Å². The summed E-state index contributed by atoms with van der Waals surface area (Å²) >= 11 is 0. The first-order valence-corrected chi connectivity index (χ1v) is 9.29. The van der Waals surface area contributed by atoms with Crippen molar-refractivity contribution in [2.24, 2.45) is 0 Å². The van der Waals surface area contributed by atoms with Gasteiger partial charge in [0.1, 0.15) is 5.69 Å². The van der Waals surface area contributed by atoms with E-state index in [2.05, 4.69) is 10.3 Å². The van der Waals surface area contributed by atoms with E-state index in [9.17, 15) is 31.7 Å². The minimum Gasteiger partial charge on any atom is -0.379 e. The maximum absolute atomic E-state index is 12.7. The Morgan fingerprint density at radius 2 is 1.81 bits per heavy atom. The van der Waals surface area contributed by atoms with E-state index in [0.717, 1.165) is 24.5 Å². The van der Waals surface area contributed by atoms with Crippen molar-refractivity contribution in [3.63, 3.8) is 0 Å². The van der Waals surface area contributed by atoms with Gasteiger partial charge in [0.05, 0.1) is 9.82 Å². The molecule has 0 atom stereocenters. The van der Waals surface area contributed by atoms with Crippen LogP contribution in [0.5, 0.6) is 0 Å². The first-order valence-electron chi connectivity index (χ1n) is 7.81. The third-order valence-corrected chi connectivity index (χ3v) is 6.03. The maximum Gasteiger partial charge on any atom is 0.501 e. The number of benzene rings is 1. The summed E-state index contributed by atoms with van der Waals surface area (Å²) in [6.45, 7) is 0.323. The van der Waals surface area contributed by atoms with E-state index >= 15 is 0 Å². The number of hydrogen-bond acceptors (Lipinski definition) is 6. The van der Waals surface area contributed by atoms with Gasteiger partial charge in [-0.15, -0.1) is 0 Å². The Kier molecular flexibility index (Phi) is 4.58. The van der Waals surface area contributed by atoms with Crippen molar-refractivity contribution < 1.29 is 26.5 Å². The molecule has 0 unspecified atom stereocenters. The number of alkyl halides is 3. The van der Waals surface area contributed by atoms with Gasteiger partial charge in [-0.2, -0.15) is 13.2 Å². The number of halogens is 3. The quantitative estimate of drug-likeness (QED) is 0.588. The molecule has 0 radical (unpaired) electrons. The lowest BCUT2D eigenvalue weighted by molar-refractivity contribution is -0.384. The highest BCUT2D eigenvalue weighted by Crippen LogP contribution is 2.48. The highest BCUT2D eigenvalue weighted by atomic mass is 32.2. The van der Waals surface area contributed by atoms with Crippen LogP contribution < -0.4 is 5.32 Å². The van der Waals surface area contributed by atoms with Gasteiger partial charge in [0, 0.05) is 30.4 Å². The number of sulfone groups is 1. The molecular formula is C16H14F3N3O4S. The first kappa shape index (κ1) is 19.1. The number of nitro groups is 1. The summed E-state index contributed by atoms with van der Waals surface area (Å²) in [6.07, 6.45) is 4.96. The molecule has 11 heteroatoms. The van der Waals surface area contributed by atoms with E-state index in [1.807, 2.05) is 12.1 Å². The normalized spacial score (nSPS) is 16.0. The third-order valence-electron chi connectivity index (χ3n) is 4.54. The number of aromatic nitrogens is 1. The zero-order valence-electron chi connectivity index (χ0n) is 13.7. The largest absolute Gasteiger partial charge is 0.501 e. The second kappa shape index (κ2) is 6.48. The second-order valence-corrected chi connectivity index (χ2v) is 8.20. The van der Waals surface area contributed by atoms with Crippen molar-refractivity contribution in [3.8, 4) is 0 Å². The van der Waals surface area contributed by atoms with Crippen LogP contribution in [-0.2, 0) is 15.3 Å². The Morgan fingerprint density at radius 1 is 1.19 bits per heavy atom. The standard InChI is InChI=1S/C16H14F3N3O4S/c17-16(18,19)27(25,26)12-1-2-13(14(9-12)22(23)24)21-10-15(5-6-15)11-3-7-20-8-4-11/h1-4,7-9,21H,5-6,10H2. The molecular weight excluding hydrogens is 387 g/mol. The number of hydrogen-bond donors (Lipinski definition) is 1. The molecule has 1 aromatic carbocycles. The summed E-state index contributed by atoms with van der Waals surface area (Å²) in [4.78, 5) is 13.1. The van der Waals surface area contributed by atoms with E-state index in [4.69, 9.17) is 0 Å². The van der Waals surface area contributed by atoms with Crippen LogP contribution in [0.15, 0.2) is 47.6 Å². The van der Waals surface area contributed by atoms with Gasteiger partial charge < -0.3 is 5.32 Å². The van der Waals surface area contributed by atoms with Gasteiger partial charge in [-0.25, -0.2) is 8.42 Å².